The summed E-state index contributed by atoms with van der Waals surface area (Å²) in [5.41, 5.74) is 0.663. The number of Topliss-reactive ketones (excluding diaryl/α,β-unsaturated/α-hetero) is 2. The Kier molecular flexibility index (Phi) is 5.04. The first-order valence-corrected chi connectivity index (χ1v) is 7.30. The van der Waals surface area contributed by atoms with Gasteiger partial charge in [-0.2, -0.15) is 0 Å². The summed E-state index contributed by atoms with van der Waals surface area (Å²) in [6.07, 6.45) is 0. The van der Waals surface area contributed by atoms with Gasteiger partial charge in [-0.15, -0.1) is 0 Å². The second-order valence-electron chi connectivity index (χ2n) is 4.44. The molecule has 0 aromatic heterocycles. The number of carbonyl (C=O) groups excluding carboxylic acids is 2. The third kappa shape index (κ3) is 3.85. The minimum absolute atomic E-state index is 0.332. The Balaban J connectivity index is 2.41. The van der Waals surface area contributed by atoms with Crippen LogP contribution in [0.1, 0.15) is 20.7 Å². The topological polar surface area (TPSA) is 34.1 Å². The Morgan fingerprint density at radius 2 is 1.05 bits per heavy atom. The fourth-order valence-electron chi connectivity index (χ4n) is 1.95. The number of benzene rings is 2. The van der Waals surface area contributed by atoms with E-state index in [0.29, 0.717) is 11.1 Å². The average molecular weight is 342 g/mol. The molecule has 108 valence electrons. The Morgan fingerprint density at radius 3 is 1.33 bits per heavy atom. The fourth-order valence-corrected chi connectivity index (χ4v) is 2.55. The van der Waals surface area contributed by atoms with Crippen molar-refractivity contribution >= 4 is 46.4 Å². The molecule has 0 fully saturated rings. The number of ketones is 2. The molecule has 0 atom stereocenters. The Bertz CT molecular complexity index is 582. The van der Waals surface area contributed by atoms with Crippen LogP contribution in [-0.2, 0) is 0 Å². The van der Waals surface area contributed by atoms with E-state index in [4.69, 9.17) is 34.8 Å². The molecule has 2 rings (SSSR count). The van der Waals surface area contributed by atoms with E-state index in [9.17, 15) is 9.59 Å². The molecular weight excluding hydrogens is 331 g/mol. The highest BCUT2D eigenvalue weighted by molar-refractivity contribution is 6.69. The van der Waals surface area contributed by atoms with Crippen molar-refractivity contribution in [2.75, 3.05) is 0 Å². The highest BCUT2D eigenvalue weighted by Gasteiger charge is 2.44. The van der Waals surface area contributed by atoms with E-state index in [0.717, 1.165) is 0 Å². The Hall–Kier alpha value is -1.35. The van der Waals surface area contributed by atoms with Crippen molar-refractivity contribution in [3.8, 4) is 0 Å². The van der Waals surface area contributed by atoms with E-state index in [1.165, 1.54) is 0 Å². The average Bonchev–Trinajstić information content (AvgIpc) is 2.47. The molecule has 0 N–H and O–H groups in total. The highest BCUT2D eigenvalue weighted by atomic mass is 35.6. The van der Waals surface area contributed by atoms with Gasteiger partial charge in [0.05, 0.1) is 0 Å². The standard InChI is InChI=1S/C16H11Cl3O2/c17-16(18,19)13(14(20)11-7-3-1-4-8-11)15(21)12-9-5-2-6-10-12/h1-10,13H. The van der Waals surface area contributed by atoms with Crippen LogP contribution >= 0.6 is 34.8 Å². The van der Waals surface area contributed by atoms with E-state index in [2.05, 4.69) is 0 Å². The van der Waals surface area contributed by atoms with Crippen molar-refractivity contribution in [3.63, 3.8) is 0 Å². The summed E-state index contributed by atoms with van der Waals surface area (Å²) < 4.78 is -2.01. The fraction of sp³-hybridized carbons (Fsp3) is 0.125. The summed E-state index contributed by atoms with van der Waals surface area (Å²) in [4.78, 5) is 25.1. The van der Waals surface area contributed by atoms with Gasteiger partial charge in [-0.1, -0.05) is 95.5 Å². The van der Waals surface area contributed by atoms with Gasteiger partial charge in [0.2, 0.25) is 3.79 Å². The van der Waals surface area contributed by atoms with Crippen LogP contribution in [-0.4, -0.2) is 15.4 Å². The quantitative estimate of drug-likeness (QED) is 0.457. The first kappa shape index (κ1) is 16.0. The summed E-state index contributed by atoms with van der Waals surface area (Å²) in [6.45, 7) is 0. The zero-order chi connectivity index (χ0) is 15.5. The molecule has 0 unspecified atom stereocenters. The molecule has 0 amide bonds. The summed E-state index contributed by atoms with van der Waals surface area (Å²) in [6, 6.07) is 16.6. The van der Waals surface area contributed by atoms with Gasteiger partial charge in [0, 0.05) is 11.1 Å². The predicted octanol–water partition coefficient (Wildman–Crippen LogP) is 4.74. The zero-order valence-corrected chi connectivity index (χ0v) is 13.1. The largest absolute Gasteiger partial charge is 0.293 e. The van der Waals surface area contributed by atoms with Gasteiger partial charge >= 0.3 is 0 Å². The molecule has 0 saturated heterocycles. The third-order valence-electron chi connectivity index (χ3n) is 2.97. The molecule has 2 nitrogen and oxygen atoms in total. The van der Waals surface area contributed by atoms with Crippen molar-refractivity contribution < 1.29 is 9.59 Å². The van der Waals surface area contributed by atoms with Crippen LogP contribution in [0.3, 0.4) is 0 Å². The molecule has 0 aliphatic carbocycles. The summed E-state index contributed by atoms with van der Waals surface area (Å²) in [7, 11) is 0. The lowest BCUT2D eigenvalue weighted by Crippen LogP contribution is -2.35. The smallest absolute Gasteiger partial charge is 0.207 e. The molecule has 0 aliphatic heterocycles. The minimum atomic E-state index is -2.01. The van der Waals surface area contributed by atoms with Crippen molar-refractivity contribution in [2.24, 2.45) is 5.92 Å². The third-order valence-corrected chi connectivity index (χ3v) is 3.62. The summed E-state index contributed by atoms with van der Waals surface area (Å²) in [5, 5.41) is 0. The molecular formula is C16H11Cl3O2. The molecule has 0 bridgehead atoms. The minimum Gasteiger partial charge on any atom is -0.293 e. The van der Waals surface area contributed by atoms with Crippen molar-refractivity contribution in [3.05, 3.63) is 71.8 Å². The van der Waals surface area contributed by atoms with E-state index in [1.54, 1.807) is 60.7 Å². The van der Waals surface area contributed by atoms with Gasteiger partial charge in [0.15, 0.2) is 11.6 Å². The van der Waals surface area contributed by atoms with Crippen molar-refractivity contribution in [1.29, 1.82) is 0 Å². The van der Waals surface area contributed by atoms with Crippen LogP contribution in [0.25, 0.3) is 0 Å². The molecule has 21 heavy (non-hydrogen) atoms. The SMILES string of the molecule is O=C(c1ccccc1)C(C(=O)c1ccccc1)C(Cl)(Cl)Cl. The Labute approximate surface area is 137 Å². The first-order valence-electron chi connectivity index (χ1n) is 6.16. The monoisotopic (exact) mass is 340 g/mol. The van der Waals surface area contributed by atoms with Crippen LogP contribution < -0.4 is 0 Å². The van der Waals surface area contributed by atoms with Crippen LogP contribution in [0.4, 0.5) is 0 Å². The maximum absolute atomic E-state index is 12.5. The second kappa shape index (κ2) is 6.61. The summed E-state index contributed by atoms with van der Waals surface area (Å²) in [5.74, 6) is -2.40. The van der Waals surface area contributed by atoms with Gasteiger partial charge < -0.3 is 0 Å². The lowest BCUT2D eigenvalue weighted by atomic mass is 9.91. The van der Waals surface area contributed by atoms with Crippen LogP contribution in [0.15, 0.2) is 60.7 Å². The summed E-state index contributed by atoms with van der Waals surface area (Å²) >= 11 is 17.6. The molecule has 0 heterocycles. The number of halogens is 3. The van der Waals surface area contributed by atoms with Crippen molar-refractivity contribution in [1.82, 2.24) is 0 Å². The highest BCUT2D eigenvalue weighted by Crippen LogP contribution is 2.38. The lowest BCUT2D eigenvalue weighted by molar-refractivity contribution is 0.0810. The van der Waals surface area contributed by atoms with Gasteiger partial charge in [-0.05, 0) is 0 Å². The maximum atomic E-state index is 12.5. The molecule has 0 saturated carbocycles. The second-order valence-corrected chi connectivity index (χ2v) is 6.80. The number of carbonyl (C=O) groups is 2. The predicted molar refractivity (Wildman–Crippen MR) is 85.3 cm³/mol. The molecule has 0 aliphatic rings. The zero-order valence-electron chi connectivity index (χ0n) is 10.8. The molecule has 2 aromatic rings. The normalized spacial score (nSPS) is 11.4. The van der Waals surface area contributed by atoms with Gasteiger partial charge in [0.1, 0.15) is 5.92 Å². The van der Waals surface area contributed by atoms with Gasteiger partial charge in [-0.25, -0.2) is 0 Å². The van der Waals surface area contributed by atoms with E-state index < -0.39 is 21.3 Å². The number of alkyl halides is 3. The molecule has 0 spiro atoms. The lowest BCUT2D eigenvalue weighted by Gasteiger charge is -2.22. The van der Waals surface area contributed by atoms with Crippen LogP contribution in [0.2, 0.25) is 0 Å². The van der Waals surface area contributed by atoms with Gasteiger partial charge in [0.25, 0.3) is 0 Å². The van der Waals surface area contributed by atoms with E-state index in [1.807, 2.05) is 0 Å². The first-order chi connectivity index (χ1) is 9.91. The Morgan fingerprint density at radius 1 is 0.714 bits per heavy atom. The molecule has 2 aromatic carbocycles. The van der Waals surface area contributed by atoms with E-state index >= 15 is 0 Å². The van der Waals surface area contributed by atoms with Crippen molar-refractivity contribution in [2.45, 2.75) is 3.79 Å². The maximum Gasteiger partial charge on any atom is 0.207 e. The van der Waals surface area contributed by atoms with Crippen LogP contribution in [0.5, 0.6) is 0 Å². The van der Waals surface area contributed by atoms with Crippen LogP contribution in [0, 0.1) is 5.92 Å². The van der Waals surface area contributed by atoms with Gasteiger partial charge in [-0.3, -0.25) is 9.59 Å². The number of rotatable bonds is 4. The van der Waals surface area contributed by atoms with E-state index in [-0.39, 0.29) is 0 Å². The molecule has 5 heteroatoms. The number of hydrogen-bond donors (Lipinski definition) is 0. The number of hydrogen-bond acceptors (Lipinski definition) is 2. The molecule has 0 radical (unpaired) electrons.